The van der Waals surface area contributed by atoms with E-state index in [-0.39, 0.29) is 17.1 Å². The maximum Gasteiger partial charge on any atom is 0.321 e. The molecule has 3 amide bonds. The molecule has 1 atom stereocenters. The molecule has 7 heteroatoms. The molecular weight excluding hydrogens is 296 g/mol. The minimum absolute atomic E-state index is 0.233. The molecule has 0 aliphatic carbocycles. The van der Waals surface area contributed by atoms with E-state index in [1.807, 2.05) is 0 Å². The van der Waals surface area contributed by atoms with Crippen LogP contribution >= 0.6 is 11.6 Å². The molecule has 0 fully saturated rings. The molecule has 1 aromatic carbocycles. The first-order valence-corrected chi connectivity index (χ1v) is 6.78. The SMILES string of the molecule is CCNC(=O)NC(=O)C(C)Oc1ccc(Cl)cc1C(C)=O. The summed E-state index contributed by atoms with van der Waals surface area (Å²) in [4.78, 5) is 34.6. The number of carbonyl (C=O) groups is 3. The molecule has 0 bridgehead atoms. The molecule has 6 nitrogen and oxygen atoms in total. The molecule has 1 unspecified atom stereocenters. The standard InChI is InChI=1S/C14H17ClN2O4/c1-4-16-14(20)17-13(19)9(3)21-12-6-5-10(15)7-11(12)8(2)18/h5-7,9H,4H2,1-3H3,(H2,16,17,19,20). The molecule has 2 N–H and O–H groups in total. The normalized spacial score (nSPS) is 11.4. The van der Waals surface area contributed by atoms with Gasteiger partial charge in [-0.1, -0.05) is 11.6 Å². The first kappa shape index (κ1) is 17.0. The fourth-order valence-corrected chi connectivity index (χ4v) is 1.71. The number of Topliss-reactive ketones (excluding diaryl/α,β-unsaturated/α-hetero) is 1. The van der Waals surface area contributed by atoms with E-state index in [1.165, 1.54) is 26.0 Å². The molecule has 0 aliphatic heterocycles. The lowest BCUT2D eigenvalue weighted by molar-refractivity contribution is -0.126. The Labute approximate surface area is 127 Å². The Bertz CT molecular complexity index is 560. The lowest BCUT2D eigenvalue weighted by atomic mass is 10.1. The zero-order chi connectivity index (χ0) is 16.0. The van der Waals surface area contributed by atoms with Crippen molar-refractivity contribution in [3.8, 4) is 5.75 Å². The van der Waals surface area contributed by atoms with Gasteiger partial charge in [0.05, 0.1) is 5.56 Å². The van der Waals surface area contributed by atoms with Gasteiger partial charge in [-0.25, -0.2) is 4.79 Å². The molecule has 114 valence electrons. The minimum Gasteiger partial charge on any atom is -0.480 e. The van der Waals surface area contributed by atoms with Crippen LogP contribution in [0.5, 0.6) is 5.75 Å². The molecule has 1 rings (SSSR count). The number of nitrogens with one attached hydrogen (secondary N) is 2. The van der Waals surface area contributed by atoms with Gasteiger partial charge in [-0.3, -0.25) is 14.9 Å². The van der Waals surface area contributed by atoms with E-state index < -0.39 is 18.0 Å². The molecule has 0 aromatic heterocycles. The van der Waals surface area contributed by atoms with Gasteiger partial charge in [0.25, 0.3) is 5.91 Å². The zero-order valence-corrected chi connectivity index (χ0v) is 12.8. The van der Waals surface area contributed by atoms with Crippen molar-refractivity contribution in [3.05, 3.63) is 28.8 Å². The highest BCUT2D eigenvalue weighted by molar-refractivity contribution is 6.31. The van der Waals surface area contributed by atoms with Crippen LogP contribution < -0.4 is 15.4 Å². The Hall–Kier alpha value is -2.08. The molecule has 0 heterocycles. The van der Waals surface area contributed by atoms with Crippen LogP contribution in [0.1, 0.15) is 31.1 Å². The van der Waals surface area contributed by atoms with Crippen LogP contribution in [-0.2, 0) is 4.79 Å². The number of benzene rings is 1. The van der Waals surface area contributed by atoms with Crippen LogP contribution in [0.25, 0.3) is 0 Å². The van der Waals surface area contributed by atoms with Crippen molar-refractivity contribution in [2.24, 2.45) is 0 Å². The van der Waals surface area contributed by atoms with E-state index >= 15 is 0 Å². The van der Waals surface area contributed by atoms with Crippen molar-refractivity contribution in [1.82, 2.24) is 10.6 Å². The molecule has 0 saturated carbocycles. The van der Waals surface area contributed by atoms with E-state index in [2.05, 4.69) is 10.6 Å². The molecule has 0 radical (unpaired) electrons. The number of imide groups is 1. The maximum atomic E-state index is 11.8. The van der Waals surface area contributed by atoms with E-state index in [0.29, 0.717) is 11.6 Å². The summed E-state index contributed by atoms with van der Waals surface area (Å²) in [6.45, 7) is 4.99. The molecule has 1 aromatic rings. The van der Waals surface area contributed by atoms with Crippen LogP contribution in [0.15, 0.2) is 18.2 Å². The second-order valence-corrected chi connectivity index (χ2v) is 4.74. The average Bonchev–Trinajstić information content (AvgIpc) is 2.40. The summed E-state index contributed by atoms with van der Waals surface area (Å²) in [6.07, 6.45) is -0.938. The molecule has 0 aliphatic rings. The van der Waals surface area contributed by atoms with E-state index in [4.69, 9.17) is 16.3 Å². The van der Waals surface area contributed by atoms with E-state index in [9.17, 15) is 14.4 Å². The number of ketones is 1. The first-order chi connectivity index (χ1) is 9.85. The second kappa shape index (κ2) is 7.64. The summed E-state index contributed by atoms with van der Waals surface area (Å²) in [7, 11) is 0. The monoisotopic (exact) mass is 312 g/mol. The molecular formula is C14H17ClN2O4. The average molecular weight is 313 g/mol. The molecule has 0 spiro atoms. The Kier molecular flexibility index (Phi) is 6.17. The number of hydrogen-bond donors (Lipinski definition) is 2. The van der Waals surface area contributed by atoms with Gasteiger partial charge in [0.1, 0.15) is 5.75 Å². The Morgan fingerprint density at radius 2 is 2.00 bits per heavy atom. The largest absolute Gasteiger partial charge is 0.480 e. The summed E-state index contributed by atoms with van der Waals surface area (Å²) in [5, 5.41) is 4.97. The number of halogens is 1. The topological polar surface area (TPSA) is 84.5 Å². The van der Waals surface area contributed by atoms with Gasteiger partial charge < -0.3 is 10.1 Å². The van der Waals surface area contributed by atoms with Crippen LogP contribution in [0.4, 0.5) is 4.79 Å². The summed E-state index contributed by atoms with van der Waals surface area (Å²) in [5.41, 5.74) is 0.278. The van der Waals surface area contributed by atoms with Crippen molar-refractivity contribution in [2.75, 3.05) is 6.54 Å². The van der Waals surface area contributed by atoms with Crippen molar-refractivity contribution in [2.45, 2.75) is 26.9 Å². The molecule has 21 heavy (non-hydrogen) atoms. The summed E-state index contributed by atoms with van der Waals surface area (Å²) in [5.74, 6) is -0.598. The zero-order valence-electron chi connectivity index (χ0n) is 12.0. The van der Waals surface area contributed by atoms with Gasteiger partial charge >= 0.3 is 6.03 Å². The summed E-state index contributed by atoms with van der Waals surface area (Å²) < 4.78 is 5.43. The van der Waals surface area contributed by atoms with Gasteiger partial charge in [0.2, 0.25) is 0 Å². The van der Waals surface area contributed by atoms with Crippen molar-refractivity contribution in [1.29, 1.82) is 0 Å². The Morgan fingerprint density at radius 3 is 2.57 bits per heavy atom. The highest BCUT2D eigenvalue weighted by atomic mass is 35.5. The second-order valence-electron chi connectivity index (χ2n) is 4.31. The van der Waals surface area contributed by atoms with E-state index in [1.54, 1.807) is 13.0 Å². The highest BCUT2D eigenvalue weighted by Crippen LogP contribution is 2.24. The quantitative estimate of drug-likeness (QED) is 0.816. The third kappa shape index (κ3) is 5.07. The highest BCUT2D eigenvalue weighted by Gasteiger charge is 2.19. The summed E-state index contributed by atoms with van der Waals surface area (Å²) >= 11 is 5.82. The van der Waals surface area contributed by atoms with Crippen molar-refractivity contribution in [3.63, 3.8) is 0 Å². The van der Waals surface area contributed by atoms with Gasteiger partial charge in [-0.15, -0.1) is 0 Å². The van der Waals surface area contributed by atoms with Crippen LogP contribution in [0.2, 0.25) is 5.02 Å². The predicted octanol–water partition coefficient (Wildman–Crippen LogP) is 2.16. The fourth-order valence-electron chi connectivity index (χ4n) is 1.54. The maximum absolute atomic E-state index is 11.8. The fraction of sp³-hybridized carbons (Fsp3) is 0.357. The number of ether oxygens (including phenoxy) is 1. The van der Waals surface area contributed by atoms with Crippen molar-refractivity contribution >= 4 is 29.3 Å². The lowest BCUT2D eigenvalue weighted by Gasteiger charge is -2.16. The van der Waals surface area contributed by atoms with Gasteiger partial charge in [-0.05, 0) is 39.0 Å². The van der Waals surface area contributed by atoms with Crippen LogP contribution in [0, 0.1) is 0 Å². The number of amides is 3. The number of urea groups is 1. The molecule has 0 saturated heterocycles. The Balaban J connectivity index is 2.79. The van der Waals surface area contributed by atoms with Gasteiger partial charge in [0, 0.05) is 11.6 Å². The predicted molar refractivity (Wildman–Crippen MR) is 78.8 cm³/mol. The van der Waals surface area contributed by atoms with Crippen molar-refractivity contribution < 1.29 is 19.1 Å². The third-order valence-electron chi connectivity index (χ3n) is 2.57. The van der Waals surface area contributed by atoms with Crippen LogP contribution in [-0.4, -0.2) is 30.4 Å². The van der Waals surface area contributed by atoms with Gasteiger partial charge in [-0.2, -0.15) is 0 Å². The van der Waals surface area contributed by atoms with Gasteiger partial charge in [0.15, 0.2) is 11.9 Å². The van der Waals surface area contributed by atoms with E-state index in [0.717, 1.165) is 0 Å². The lowest BCUT2D eigenvalue weighted by Crippen LogP contribution is -2.45. The third-order valence-corrected chi connectivity index (χ3v) is 2.80. The number of rotatable bonds is 5. The Morgan fingerprint density at radius 1 is 1.33 bits per heavy atom. The number of carbonyl (C=O) groups excluding carboxylic acids is 3. The minimum atomic E-state index is -0.938. The van der Waals surface area contributed by atoms with Crippen LogP contribution in [0.3, 0.4) is 0 Å². The smallest absolute Gasteiger partial charge is 0.321 e. The summed E-state index contributed by atoms with van der Waals surface area (Å²) in [6, 6.07) is 3.93. The first-order valence-electron chi connectivity index (χ1n) is 6.41. The number of hydrogen-bond acceptors (Lipinski definition) is 4.